The second-order valence-electron chi connectivity index (χ2n) is 6.85. The van der Waals surface area contributed by atoms with Crippen LogP contribution in [0.3, 0.4) is 0 Å². The smallest absolute Gasteiger partial charge is 0.238 e. The molecule has 2 unspecified atom stereocenters. The molecule has 0 heterocycles. The van der Waals surface area contributed by atoms with E-state index in [0.29, 0.717) is 5.92 Å². The number of carbonyl (C=O) groups is 1. The van der Waals surface area contributed by atoms with Crippen molar-refractivity contribution in [2.24, 2.45) is 17.6 Å². The van der Waals surface area contributed by atoms with Crippen LogP contribution in [0.25, 0.3) is 0 Å². The maximum Gasteiger partial charge on any atom is 0.238 e. The van der Waals surface area contributed by atoms with Crippen molar-refractivity contribution in [2.45, 2.75) is 57.4 Å². The number of carbonyl (C=O) groups excluding carboxylic acids is 1. The van der Waals surface area contributed by atoms with Crippen LogP contribution in [0.1, 0.15) is 51.9 Å². The van der Waals surface area contributed by atoms with Crippen LogP contribution in [-0.4, -0.2) is 43.0 Å². The van der Waals surface area contributed by atoms with Gasteiger partial charge in [-0.25, -0.2) is 0 Å². The number of primary amides is 1. The minimum Gasteiger partial charge on any atom is -0.368 e. The summed E-state index contributed by atoms with van der Waals surface area (Å²) in [6.07, 6.45) is 8.10. The largest absolute Gasteiger partial charge is 0.368 e. The molecular weight excluding hydrogens is 250 g/mol. The zero-order valence-electron chi connectivity index (χ0n) is 13.2. The van der Waals surface area contributed by atoms with Gasteiger partial charge in [0.25, 0.3) is 0 Å². The second kappa shape index (κ2) is 6.90. The Balaban J connectivity index is 1.87. The highest BCUT2D eigenvalue weighted by Crippen LogP contribution is 2.38. The van der Waals surface area contributed by atoms with Crippen LogP contribution in [0.4, 0.5) is 0 Å². The van der Waals surface area contributed by atoms with Gasteiger partial charge in [-0.15, -0.1) is 0 Å². The van der Waals surface area contributed by atoms with Crippen molar-refractivity contribution in [3.05, 3.63) is 0 Å². The second-order valence-corrected chi connectivity index (χ2v) is 6.85. The first kappa shape index (κ1) is 15.8. The van der Waals surface area contributed by atoms with Crippen LogP contribution in [0, 0.1) is 11.8 Å². The monoisotopic (exact) mass is 281 g/mol. The molecule has 2 aliphatic rings. The molecule has 3 N–H and O–H groups in total. The summed E-state index contributed by atoms with van der Waals surface area (Å²) in [5.74, 6) is 1.20. The quantitative estimate of drug-likeness (QED) is 0.677. The number of hydrogen-bond acceptors (Lipinski definition) is 3. The van der Waals surface area contributed by atoms with Gasteiger partial charge in [-0.1, -0.05) is 13.3 Å². The summed E-state index contributed by atoms with van der Waals surface area (Å²) in [6.45, 7) is 5.33. The van der Waals surface area contributed by atoms with E-state index >= 15 is 0 Å². The highest BCUT2D eigenvalue weighted by atomic mass is 16.1. The van der Waals surface area contributed by atoms with Crippen molar-refractivity contribution < 1.29 is 4.79 Å². The SMILES string of the molecule is CCCNC1(C(N)=O)CCCC1CCN(C)CC1CC1. The molecule has 0 saturated heterocycles. The summed E-state index contributed by atoms with van der Waals surface area (Å²) < 4.78 is 0. The highest BCUT2D eigenvalue weighted by Gasteiger charge is 2.46. The molecule has 2 fully saturated rings. The van der Waals surface area contributed by atoms with Crippen LogP contribution in [0.5, 0.6) is 0 Å². The van der Waals surface area contributed by atoms with Crippen LogP contribution in [-0.2, 0) is 4.79 Å². The summed E-state index contributed by atoms with van der Waals surface area (Å²) in [7, 11) is 2.21. The number of nitrogens with two attached hydrogens (primary N) is 1. The molecule has 4 nitrogen and oxygen atoms in total. The molecule has 0 bridgehead atoms. The molecule has 0 aromatic carbocycles. The molecule has 2 atom stereocenters. The first-order valence-corrected chi connectivity index (χ1v) is 8.32. The van der Waals surface area contributed by atoms with Crippen molar-refractivity contribution in [3.8, 4) is 0 Å². The first-order chi connectivity index (χ1) is 9.58. The van der Waals surface area contributed by atoms with E-state index in [4.69, 9.17) is 5.73 Å². The van der Waals surface area contributed by atoms with E-state index in [0.717, 1.165) is 51.1 Å². The number of nitrogens with zero attached hydrogens (tertiary/aromatic N) is 1. The molecule has 2 saturated carbocycles. The Labute approximate surface area is 123 Å². The number of hydrogen-bond donors (Lipinski definition) is 2. The third-order valence-corrected chi connectivity index (χ3v) is 5.08. The predicted octanol–water partition coefficient (Wildman–Crippen LogP) is 1.74. The molecule has 0 spiro atoms. The van der Waals surface area contributed by atoms with E-state index in [1.165, 1.54) is 19.4 Å². The molecule has 20 heavy (non-hydrogen) atoms. The molecule has 0 aliphatic heterocycles. The van der Waals surface area contributed by atoms with Crippen LogP contribution in [0.2, 0.25) is 0 Å². The van der Waals surface area contributed by atoms with E-state index in [9.17, 15) is 4.79 Å². The zero-order valence-corrected chi connectivity index (χ0v) is 13.2. The third-order valence-electron chi connectivity index (χ3n) is 5.08. The number of amides is 1. The van der Waals surface area contributed by atoms with Crippen molar-refractivity contribution >= 4 is 5.91 Å². The fourth-order valence-electron chi connectivity index (χ4n) is 3.67. The maximum absolute atomic E-state index is 12.0. The molecule has 0 aromatic rings. The Morgan fingerprint density at radius 2 is 2.15 bits per heavy atom. The number of nitrogens with one attached hydrogen (secondary N) is 1. The van der Waals surface area contributed by atoms with Crippen LogP contribution < -0.4 is 11.1 Å². The van der Waals surface area contributed by atoms with Gasteiger partial charge in [0.2, 0.25) is 5.91 Å². The lowest BCUT2D eigenvalue weighted by Gasteiger charge is -2.34. The van der Waals surface area contributed by atoms with Gasteiger partial charge in [0.1, 0.15) is 5.54 Å². The maximum atomic E-state index is 12.0. The van der Waals surface area contributed by atoms with E-state index in [1.54, 1.807) is 0 Å². The van der Waals surface area contributed by atoms with Gasteiger partial charge >= 0.3 is 0 Å². The molecule has 2 rings (SSSR count). The van der Waals surface area contributed by atoms with Gasteiger partial charge in [0.15, 0.2) is 0 Å². The Morgan fingerprint density at radius 3 is 2.75 bits per heavy atom. The Kier molecular flexibility index (Phi) is 5.44. The molecule has 2 aliphatic carbocycles. The molecule has 1 amide bonds. The zero-order chi connectivity index (χ0) is 14.6. The van der Waals surface area contributed by atoms with Gasteiger partial charge in [0, 0.05) is 6.54 Å². The van der Waals surface area contributed by atoms with E-state index in [1.807, 2.05) is 0 Å². The third kappa shape index (κ3) is 3.73. The molecule has 0 aromatic heterocycles. The van der Waals surface area contributed by atoms with Crippen LogP contribution in [0.15, 0.2) is 0 Å². The summed E-state index contributed by atoms with van der Waals surface area (Å²) in [4.78, 5) is 14.5. The van der Waals surface area contributed by atoms with Gasteiger partial charge in [0.05, 0.1) is 0 Å². The summed E-state index contributed by atoms with van der Waals surface area (Å²) in [5, 5.41) is 3.48. The van der Waals surface area contributed by atoms with Crippen LogP contribution >= 0.6 is 0 Å². The van der Waals surface area contributed by atoms with Crippen molar-refractivity contribution in [3.63, 3.8) is 0 Å². The lowest BCUT2D eigenvalue weighted by atomic mass is 9.83. The van der Waals surface area contributed by atoms with Gasteiger partial charge in [-0.3, -0.25) is 4.79 Å². The van der Waals surface area contributed by atoms with Crippen molar-refractivity contribution in [1.82, 2.24) is 10.2 Å². The summed E-state index contributed by atoms with van der Waals surface area (Å²) in [6, 6.07) is 0. The average Bonchev–Trinajstić information content (AvgIpc) is 3.12. The fraction of sp³-hybridized carbons (Fsp3) is 0.938. The lowest BCUT2D eigenvalue weighted by molar-refractivity contribution is -0.126. The Bertz CT molecular complexity index is 330. The normalized spacial score (nSPS) is 30.1. The molecule has 4 heteroatoms. The van der Waals surface area contributed by atoms with Gasteiger partial charge in [-0.05, 0) is 70.5 Å². The minimum absolute atomic E-state index is 0.140. The topological polar surface area (TPSA) is 58.4 Å². The Hall–Kier alpha value is -0.610. The molecule has 116 valence electrons. The fourth-order valence-corrected chi connectivity index (χ4v) is 3.67. The van der Waals surface area contributed by atoms with Crippen molar-refractivity contribution in [1.29, 1.82) is 0 Å². The molecule has 0 radical (unpaired) electrons. The molecular formula is C16H31N3O. The van der Waals surface area contributed by atoms with Gasteiger partial charge < -0.3 is 16.0 Å². The summed E-state index contributed by atoms with van der Waals surface area (Å²) in [5.41, 5.74) is 5.31. The summed E-state index contributed by atoms with van der Waals surface area (Å²) >= 11 is 0. The average molecular weight is 281 g/mol. The first-order valence-electron chi connectivity index (χ1n) is 8.32. The standard InChI is InChI=1S/C16H31N3O/c1-3-10-18-16(15(17)20)9-4-5-14(16)8-11-19(2)12-13-6-7-13/h13-14,18H,3-12H2,1-2H3,(H2,17,20). The lowest BCUT2D eigenvalue weighted by Crippen LogP contribution is -2.58. The number of rotatable bonds is 9. The minimum atomic E-state index is -0.434. The highest BCUT2D eigenvalue weighted by molar-refractivity contribution is 5.85. The van der Waals surface area contributed by atoms with Gasteiger partial charge in [-0.2, -0.15) is 0 Å². The Morgan fingerprint density at radius 1 is 1.40 bits per heavy atom. The van der Waals surface area contributed by atoms with Crippen molar-refractivity contribution in [2.75, 3.05) is 26.7 Å². The predicted molar refractivity (Wildman–Crippen MR) is 82.4 cm³/mol. The van der Waals surface area contributed by atoms with E-state index < -0.39 is 5.54 Å². The van der Waals surface area contributed by atoms with E-state index in [-0.39, 0.29) is 5.91 Å². The van der Waals surface area contributed by atoms with E-state index in [2.05, 4.69) is 24.2 Å².